The van der Waals surface area contributed by atoms with Gasteiger partial charge in [-0.1, -0.05) is 6.92 Å². The lowest BCUT2D eigenvalue weighted by molar-refractivity contribution is 0.578. The summed E-state index contributed by atoms with van der Waals surface area (Å²) in [5.74, 6) is 2.69. The van der Waals surface area contributed by atoms with E-state index in [1.54, 1.807) is 0 Å². The van der Waals surface area contributed by atoms with Crippen LogP contribution < -0.4 is 5.32 Å². The summed E-state index contributed by atoms with van der Waals surface area (Å²) >= 11 is 2.06. The van der Waals surface area contributed by atoms with Gasteiger partial charge in [-0.05, 0) is 18.7 Å². The Morgan fingerprint density at radius 2 is 2.62 bits per heavy atom. The first-order valence-corrected chi connectivity index (χ1v) is 4.40. The number of hydrogen-bond donors (Lipinski definition) is 1. The first kappa shape index (κ1) is 6.43. The van der Waals surface area contributed by atoms with Crippen LogP contribution >= 0.6 is 11.8 Å². The van der Waals surface area contributed by atoms with Gasteiger partial charge in [-0.15, -0.1) is 0 Å². The Kier molecular flexibility index (Phi) is 2.70. The SMILES string of the molecule is CCNC1CCSC1. The molecule has 0 bridgehead atoms. The summed E-state index contributed by atoms with van der Waals surface area (Å²) in [6.45, 7) is 3.30. The van der Waals surface area contributed by atoms with Crippen LogP contribution in [-0.4, -0.2) is 24.1 Å². The predicted molar refractivity (Wildman–Crippen MR) is 39.4 cm³/mol. The summed E-state index contributed by atoms with van der Waals surface area (Å²) < 4.78 is 0. The molecule has 1 aliphatic heterocycles. The highest BCUT2D eigenvalue weighted by Crippen LogP contribution is 2.16. The Bertz CT molecular complexity index is 59.5. The van der Waals surface area contributed by atoms with E-state index in [1.165, 1.54) is 17.9 Å². The zero-order valence-corrected chi connectivity index (χ0v) is 6.13. The van der Waals surface area contributed by atoms with Crippen LogP contribution in [-0.2, 0) is 0 Å². The van der Waals surface area contributed by atoms with Gasteiger partial charge in [0.2, 0.25) is 0 Å². The third-order valence-corrected chi connectivity index (χ3v) is 2.58. The molecule has 1 heterocycles. The van der Waals surface area contributed by atoms with Gasteiger partial charge in [-0.2, -0.15) is 11.8 Å². The first-order chi connectivity index (χ1) is 3.93. The molecule has 1 N–H and O–H groups in total. The Hall–Kier alpha value is 0.310. The van der Waals surface area contributed by atoms with E-state index in [-0.39, 0.29) is 0 Å². The molecule has 0 aromatic heterocycles. The number of thioether (sulfide) groups is 1. The Balaban J connectivity index is 2.06. The molecule has 0 radical (unpaired) electrons. The molecule has 48 valence electrons. The molecule has 1 fully saturated rings. The van der Waals surface area contributed by atoms with Crippen LogP contribution in [0.3, 0.4) is 0 Å². The Labute approximate surface area is 55.2 Å². The van der Waals surface area contributed by atoms with Crippen molar-refractivity contribution in [1.82, 2.24) is 5.32 Å². The lowest BCUT2D eigenvalue weighted by Crippen LogP contribution is -2.27. The summed E-state index contributed by atoms with van der Waals surface area (Å²) in [5.41, 5.74) is 0. The number of hydrogen-bond acceptors (Lipinski definition) is 2. The van der Waals surface area contributed by atoms with E-state index in [4.69, 9.17) is 0 Å². The van der Waals surface area contributed by atoms with Crippen molar-refractivity contribution >= 4 is 11.8 Å². The summed E-state index contributed by atoms with van der Waals surface area (Å²) in [4.78, 5) is 0. The molecule has 8 heavy (non-hydrogen) atoms. The molecule has 2 heteroatoms. The molecule has 0 saturated carbocycles. The molecule has 0 aliphatic carbocycles. The van der Waals surface area contributed by atoms with Gasteiger partial charge in [0.1, 0.15) is 0 Å². The summed E-state index contributed by atoms with van der Waals surface area (Å²) in [5, 5.41) is 3.42. The van der Waals surface area contributed by atoms with Crippen molar-refractivity contribution in [2.24, 2.45) is 0 Å². The van der Waals surface area contributed by atoms with E-state index in [2.05, 4.69) is 24.0 Å². The van der Waals surface area contributed by atoms with Crippen LogP contribution in [0.5, 0.6) is 0 Å². The summed E-state index contributed by atoms with van der Waals surface area (Å²) in [6.07, 6.45) is 1.37. The first-order valence-electron chi connectivity index (χ1n) is 3.24. The molecule has 0 aromatic rings. The quantitative estimate of drug-likeness (QED) is 0.602. The van der Waals surface area contributed by atoms with Crippen LogP contribution in [0, 0.1) is 0 Å². The minimum atomic E-state index is 0.824. The smallest absolute Gasteiger partial charge is 0.0165 e. The zero-order valence-electron chi connectivity index (χ0n) is 5.31. The second-order valence-corrected chi connectivity index (χ2v) is 3.27. The van der Waals surface area contributed by atoms with Gasteiger partial charge in [0.05, 0.1) is 0 Å². The molecule has 0 amide bonds. The minimum absolute atomic E-state index is 0.824. The van der Waals surface area contributed by atoms with E-state index in [9.17, 15) is 0 Å². The average Bonchev–Trinajstić information content (AvgIpc) is 2.19. The minimum Gasteiger partial charge on any atom is -0.313 e. The average molecular weight is 131 g/mol. The molecular weight excluding hydrogens is 118 g/mol. The van der Waals surface area contributed by atoms with Gasteiger partial charge in [0, 0.05) is 11.8 Å². The van der Waals surface area contributed by atoms with Crippen LogP contribution in [0.15, 0.2) is 0 Å². The molecule has 1 nitrogen and oxygen atoms in total. The standard InChI is InChI=1S/C6H13NS/c1-2-7-6-3-4-8-5-6/h6-7H,2-5H2,1H3. The fourth-order valence-corrected chi connectivity index (χ4v) is 2.17. The van der Waals surface area contributed by atoms with E-state index in [1.807, 2.05) is 0 Å². The fraction of sp³-hybridized carbons (Fsp3) is 1.00. The van der Waals surface area contributed by atoms with Gasteiger partial charge >= 0.3 is 0 Å². The molecule has 1 unspecified atom stereocenters. The maximum atomic E-state index is 3.42. The summed E-state index contributed by atoms with van der Waals surface area (Å²) in [7, 11) is 0. The van der Waals surface area contributed by atoms with E-state index >= 15 is 0 Å². The molecule has 1 atom stereocenters. The highest BCUT2D eigenvalue weighted by atomic mass is 32.2. The van der Waals surface area contributed by atoms with Gasteiger partial charge < -0.3 is 5.32 Å². The van der Waals surface area contributed by atoms with Crippen LogP contribution in [0.2, 0.25) is 0 Å². The second kappa shape index (κ2) is 3.36. The van der Waals surface area contributed by atoms with Gasteiger partial charge in [0.25, 0.3) is 0 Å². The number of nitrogens with one attached hydrogen (secondary N) is 1. The predicted octanol–water partition coefficient (Wildman–Crippen LogP) is 1.10. The van der Waals surface area contributed by atoms with E-state index < -0.39 is 0 Å². The van der Waals surface area contributed by atoms with Gasteiger partial charge in [0.15, 0.2) is 0 Å². The molecule has 1 rings (SSSR count). The molecule has 1 aliphatic rings. The molecule has 0 aromatic carbocycles. The monoisotopic (exact) mass is 131 g/mol. The van der Waals surface area contributed by atoms with Crippen molar-refractivity contribution in [2.45, 2.75) is 19.4 Å². The second-order valence-electron chi connectivity index (χ2n) is 2.12. The van der Waals surface area contributed by atoms with Crippen molar-refractivity contribution in [3.63, 3.8) is 0 Å². The lowest BCUT2D eigenvalue weighted by atomic mass is 10.3. The number of rotatable bonds is 2. The van der Waals surface area contributed by atoms with Crippen molar-refractivity contribution < 1.29 is 0 Å². The Morgan fingerprint density at radius 1 is 1.75 bits per heavy atom. The lowest BCUT2D eigenvalue weighted by Gasteiger charge is -2.06. The van der Waals surface area contributed by atoms with Crippen LogP contribution in [0.25, 0.3) is 0 Å². The van der Waals surface area contributed by atoms with Gasteiger partial charge in [-0.3, -0.25) is 0 Å². The van der Waals surface area contributed by atoms with E-state index in [0.29, 0.717) is 0 Å². The highest BCUT2D eigenvalue weighted by molar-refractivity contribution is 7.99. The highest BCUT2D eigenvalue weighted by Gasteiger charge is 2.12. The van der Waals surface area contributed by atoms with Crippen molar-refractivity contribution in [2.75, 3.05) is 18.1 Å². The topological polar surface area (TPSA) is 12.0 Å². The normalized spacial score (nSPS) is 28.9. The van der Waals surface area contributed by atoms with Crippen LogP contribution in [0.4, 0.5) is 0 Å². The summed E-state index contributed by atoms with van der Waals surface area (Å²) in [6, 6.07) is 0.824. The molecule has 1 saturated heterocycles. The van der Waals surface area contributed by atoms with E-state index in [0.717, 1.165) is 12.6 Å². The maximum Gasteiger partial charge on any atom is 0.0165 e. The van der Waals surface area contributed by atoms with Gasteiger partial charge in [-0.25, -0.2) is 0 Å². The zero-order chi connectivity index (χ0) is 5.82. The largest absolute Gasteiger partial charge is 0.313 e. The van der Waals surface area contributed by atoms with Crippen molar-refractivity contribution in [1.29, 1.82) is 0 Å². The van der Waals surface area contributed by atoms with Crippen molar-refractivity contribution in [3.05, 3.63) is 0 Å². The fourth-order valence-electron chi connectivity index (χ4n) is 0.984. The molecular formula is C6H13NS. The van der Waals surface area contributed by atoms with Crippen molar-refractivity contribution in [3.8, 4) is 0 Å². The third-order valence-electron chi connectivity index (χ3n) is 1.42. The Morgan fingerprint density at radius 3 is 3.12 bits per heavy atom. The molecule has 0 spiro atoms. The third kappa shape index (κ3) is 1.67. The van der Waals surface area contributed by atoms with Crippen LogP contribution in [0.1, 0.15) is 13.3 Å². The maximum absolute atomic E-state index is 3.42.